The average Bonchev–Trinajstić information content (AvgIpc) is 3.07. The normalized spacial score (nSPS) is 14.1. The fourth-order valence-corrected chi connectivity index (χ4v) is 3.61. The first kappa shape index (κ1) is 19.6. The monoisotopic (exact) mass is 379 g/mol. The Balaban J connectivity index is 1.92. The van der Waals surface area contributed by atoms with Gasteiger partial charge in [0.2, 0.25) is 0 Å². The van der Waals surface area contributed by atoms with Crippen LogP contribution < -0.4 is 10.2 Å². The first-order valence-corrected chi connectivity index (χ1v) is 9.34. The summed E-state index contributed by atoms with van der Waals surface area (Å²) in [5.74, 6) is -0.223. The number of nitrogens with one attached hydrogen (secondary N) is 1. The fraction of sp³-hybridized carbons (Fsp3) is 0.318. The first-order valence-electron chi connectivity index (χ1n) is 9.34. The Morgan fingerprint density at radius 1 is 1.25 bits per heavy atom. The van der Waals surface area contributed by atoms with E-state index in [1.165, 1.54) is 0 Å². The molecule has 0 radical (unpaired) electrons. The molecule has 0 saturated carbocycles. The molecule has 2 aromatic rings. The molecule has 1 aromatic carbocycles. The minimum absolute atomic E-state index is 0.257. The number of ether oxygens (including phenoxy) is 1. The number of likely N-dealkylation sites (N-methyl/N-ethyl adjacent to an activating group) is 1. The van der Waals surface area contributed by atoms with E-state index in [1.54, 1.807) is 31.3 Å². The van der Waals surface area contributed by atoms with Crippen molar-refractivity contribution < 1.29 is 14.3 Å². The molecule has 1 aliphatic carbocycles. The van der Waals surface area contributed by atoms with Crippen LogP contribution >= 0.6 is 0 Å². The number of hydrogen-bond acceptors (Lipinski definition) is 5. The number of anilines is 1. The van der Waals surface area contributed by atoms with Crippen LogP contribution in [0.3, 0.4) is 0 Å². The fourth-order valence-electron chi connectivity index (χ4n) is 3.61. The Hall–Kier alpha value is -3.15. The summed E-state index contributed by atoms with van der Waals surface area (Å²) in [6.07, 6.45) is 4.19. The van der Waals surface area contributed by atoms with E-state index in [0.29, 0.717) is 30.8 Å². The number of nitrogens with zero attached hydrogens (tertiary/aromatic N) is 2. The van der Waals surface area contributed by atoms with E-state index in [9.17, 15) is 9.59 Å². The van der Waals surface area contributed by atoms with Crippen molar-refractivity contribution in [3.05, 3.63) is 71.9 Å². The van der Waals surface area contributed by atoms with Gasteiger partial charge in [0.15, 0.2) is 0 Å². The van der Waals surface area contributed by atoms with Gasteiger partial charge in [-0.15, -0.1) is 6.58 Å². The molecule has 6 heteroatoms. The van der Waals surface area contributed by atoms with E-state index >= 15 is 0 Å². The number of rotatable bonds is 7. The molecular weight excluding hydrogens is 354 g/mol. The predicted octanol–water partition coefficient (Wildman–Crippen LogP) is 2.53. The quantitative estimate of drug-likeness (QED) is 0.591. The minimum Gasteiger partial charge on any atom is -0.464 e. The smallest absolute Gasteiger partial charge is 0.332 e. The molecule has 0 unspecified atom stereocenters. The van der Waals surface area contributed by atoms with Crippen molar-refractivity contribution in [1.29, 1.82) is 0 Å². The maximum Gasteiger partial charge on any atom is 0.332 e. The van der Waals surface area contributed by atoms with Crippen LogP contribution in [0, 0.1) is 0 Å². The van der Waals surface area contributed by atoms with E-state index in [1.807, 2.05) is 36.2 Å². The van der Waals surface area contributed by atoms with Gasteiger partial charge in [-0.3, -0.25) is 4.79 Å². The van der Waals surface area contributed by atoms with Crippen molar-refractivity contribution in [2.24, 2.45) is 0 Å². The third kappa shape index (κ3) is 3.76. The molecule has 3 rings (SSSR count). The number of carbonyl (C=O) groups excluding carboxylic acids is 2. The lowest BCUT2D eigenvalue weighted by Gasteiger charge is -2.29. The third-order valence-electron chi connectivity index (χ3n) is 4.92. The molecule has 0 fully saturated rings. The molecule has 1 aromatic heterocycles. The number of esters is 1. The summed E-state index contributed by atoms with van der Waals surface area (Å²) in [7, 11) is 1.84. The lowest BCUT2D eigenvalue weighted by Crippen LogP contribution is -2.56. The summed E-state index contributed by atoms with van der Waals surface area (Å²) in [5, 5.41) is 2.97. The Labute approximate surface area is 165 Å². The van der Waals surface area contributed by atoms with Crippen molar-refractivity contribution in [3.8, 4) is 0 Å². The van der Waals surface area contributed by atoms with Crippen LogP contribution in [0.4, 0.5) is 5.82 Å². The minimum atomic E-state index is -1.11. The molecule has 0 atom stereocenters. The van der Waals surface area contributed by atoms with Gasteiger partial charge in [0, 0.05) is 32.6 Å². The summed E-state index contributed by atoms with van der Waals surface area (Å²) in [6.45, 7) is 6.30. The number of hydrogen-bond donors (Lipinski definition) is 1. The molecule has 1 heterocycles. The third-order valence-corrected chi connectivity index (χ3v) is 4.92. The van der Waals surface area contributed by atoms with Crippen molar-refractivity contribution in [1.82, 2.24) is 10.3 Å². The molecule has 146 valence electrons. The van der Waals surface area contributed by atoms with Crippen LogP contribution in [0.1, 0.15) is 28.4 Å². The van der Waals surface area contributed by atoms with Gasteiger partial charge in [-0.05, 0) is 30.2 Å². The summed E-state index contributed by atoms with van der Waals surface area (Å²) in [6, 6.07) is 11.3. The number of pyridine rings is 1. The summed E-state index contributed by atoms with van der Waals surface area (Å²) >= 11 is 0. The van der Waals surface area contributed by atoms with Crippen LogP contribution in [0.5, 0.6) is 0 Å². The van der Waals surface area contributed by atoms with Crippen molar-refractivity contribution in [2.75, 3.05) is 25.1 Å². The van der Waals surface area contributed by atoms with Crippen LogP contribution in [-0.4, -0.2) is 42.6 Å². The highest BCUT2D eigenvalue weighted by molar-refractivity contribution is 6.02. The molecule has 0 saturated heterocycles. The highest BCUT2D eigenvalue weighted by Gasteiger charge is 2.46. The van der Waals surface area contributed by atoms with Crippen LogP contribution in [0.15, 0.2) is 55.3 Å². The lowest BCUT2D eigenvalue weighted by molar-refractivity contribution is -0.150. The molecule has 0 bridgehead atoms. The maximum absolute atomic E-state index is 13.2. The van der Waals surface area contributed by atoms with Gasteiger partial charge in [0.1, 0.15) is 11.4 Å². The summed E-state index contributed by atoms with van der Waals surface area (Å²) in [5.41, 5.74) is 1.39. The maximum atomic E-state index is 13.2. The number of fused-ring (bicyclic) bond motifs is 1. The average molecular weight is 379 g/mol. The molecule has 1 N–H and O–H groups in total. The second-order valence-electron chi connectivity index (χ2n) is 6.92. The van der Waals surface area contributed by atoms with Crippen LogP contribution in [-0.2, 0) is 22.4 Å². The Bertz CT molecular complexity index is 869. The molecule has 1 amide bonds. The molecule has 0 spiro atoms. The zero-order chi connectivity index (χ0) is 20.1. The number of carbonyl (C=O) groups is 2. The van der Waals surface area contributed by atoms with E-state index < -0.39 is 11.5 Å². The SMILES string of the molecule is C=CCN(C)c1ncccc1C(=O)NC1(C(=O)OCC)Cc2ccccc2C1. The highest BCUT2D eigenvalue weighted by Crippen LogP contribution is 2.32. The number of benzene rings is 1. The highest BCUT2D eigenvalue weighted by atomic mass is 16.5. The van der Waals surface area contributed by atoms with Gasteiger partial charge in [-0.2, -0.15) is 0 Å². The molecule has 28 heavy (non-hydrogen) atoms. The zero-order valence-electron chi connectivity index (χ0n) is 16.3. The zero-order valence-corrected chi connectivity index (χ0v) is 16.3. The van der Waals surface area contributed by atoms with Gasteiger partial charge < -0.3 is 15.0 Å². The second-order valence-corrected chi connectivity index (χ2v) is 6.92. The van der Waals surface area contributed by atoms with Gasteiger partial charge in [-0.25, -0.2) is 9.78 Å². The lowest BCUT2D eigenvalue weighted by atomic mass is 9.95. The molecule has 0 aliphatic heterocycles. The molecular formula is C22H25N3O3. The first-order chi connectivity index (χ1) is 13.5. The summed E-state index contributed by atoms with van der Waals surface area (Å²) in [4.78, 5) is 32.2. The van der Waals surface area contributed by atoms with E-state index in [2.05, 4.69) is 16.9 Å². The largest absolute Gasteiger partial charge is 0.464 e. The number of amides is 1. The Morgan fingerprint density at radius 3 is 2.54 bits per heavy atom. The number of aromatic nitrogens is 1. The molecule has 1 aliphatic rings. The standard InChI is InChI=1S/C22H25N3O3/c1-4-13-25(3)19-18(11-8-12-23-19)20(26)24-22(21(27)28-5-2)14-16-9-6-7-10-17(16)15-22/h4,6-12H,1,5,13-15H2,2-3H3,(H,24,26). The Morgan fingerprint density at radius 2 is 1.93 bits per heavy atom. The van der Waals surface area contributed by atoms with Crippen molar-refractivity contribution >= 4 is 17.7 Å². The topological polar surface area (TPSA) is 71.5 Å². The van der Waals surface area contributed by atoms with Crippen molar-refractivity contribution in [2.45, 2.75) is 25.3 Å². The van der Waals surface area contributed by atoms with Gasteiger partial charge in [-0.1, -0.05) is 30.3 Å². The predicted molar refractivity (Wildman–Crippen MR) is 108 cm³/mol. The second kappa shape index (κ2) is 8.25. The van der Waals surface area contributed by atoms with E-state index in [0.717, 1.165) is 11.1 Å². The Kier molecular flexibility index (Phi) is 5.78. The van der Waals surface area contributed by atoms with E-state index in [4.69, 9.17) is 4.74 Å². The van der Waals surface area contributed by atoms with Gasteiger partial charge in [0.25, 0.3) is 5.91 Å². The van der Waals surface area contributed by atoms with Crippen LogP contribution in [0.2, 0.25) is 0 Å². The van der Waals surface area contributed by atoms with Crippen LogP contribution in [0.25, 0.3) is 0 Å². The van der Waals surface area contributed by atoms with Gasteiger partial charge >= 0.3 is 5.97 Å². The molecule has 6 nitrogen and oxygen atoms in total. The van der Waals surface area contributed by atoms with E-state index in [-0.39, 0.29) is 12.5 Å². The van der Waals surface area contributed by atoms with Crippen molar-refractivity contribution in [3.63, 3.8) is 0 Å². The summed E-state index contributed by atoms with van der Waals surface area (Å²) < 4.78 is 5.32. The van der Waals surface area contributed by atoms with Gasteiger partial charge in [0.05, 0.1) is 12.2 Å².